The Kier molecular flexibility index (Phi) is 4.08. The second-order valence-corrected chi connectivity index (χ2v) is 5.48. The molecule has 0 amide bonds. The molecule has 19 heavy (non-hydrogen) atoms. The zero-order chi connectivity index (χ0) is 14.0. The summed E-state index contributed by atoms with van der Waals surface area (Å²) in [5.41, 5.74) is 0.259. The summed E-state index contributed by atoms with van der Waals surface area (Å²) in [6.45, 7) is 2.19. The smallest absolute Gasteiger partial charge is 0.337 e. The second kappa shape index (κ2) is 5.59. The van der Waals surface area contributed by atoms with Crippen molar-refractivity contribution in [3.05, 3.63) is 29.6 Å². The van der Waals surface area contributed by atoms with Gasteiger partial charge < -0.3 is 10.0 Å². The molecule has 104 valence electrons. The van der Waals surface area contributed by atoms with Crippen molar-refractivity contribution in [3.63, 3.8) is 0 Å². The summed E-state index contributed by atoms with van der Waals surface area (Å²) in [6, 6.07) is 4.45. The van der Waals surface area contributed by atoms with E-state index < -0.39 is 11.8 Å². The first-order chi connectivity index (χ1) is 9.00. The van der Waals surface area contributed by atoms with E-state index in [9.17, 15) is 14.3 Å². The van der Waals surface area contributed by atoms with Crippen molar-refractivity contribution in [2.24, 2.45) is 5.92 Å². The third-order valence-electron chi connectivity index (χ3n) is 4.03. The van der Waals surface area contributed by atoms with Crippen molar-refractivity contribution in [2.75, 3.05) is 11.9 Å². The van der Waals surface area contributed by atoms with Crippen LogP contribution in [0.25, 0.3) is 0 Å². The van der Waals surface area contributed by atoms with Crippen molar-refractivity contribution in [2.45, 2.75) is 38.6 Å². The Morgan fingerprint density at radius 2 is 2.16 bits per heavy atom. The molecule has 3 nitrogen and oxygen atoms in total. The van der Waals surface area contributed by atoms with Gasteiger partial charge in [0.15, 0.2) is 0 Å². The van der Waals surface area contributed by atoms with Crippen LogP contribution in [0.2, 0.25) is 0 Å². The number of carbonyl (C=O) groups is 1. The molecule has 0 spiro atoms. The summed E-state index contributed by atoms with van der Waals surface area (Å²) in [7, 11) is 1.80. The van der Waals surface area contributed by atoms with E-state index in [-0.39, 0.29) is 17.3 Å². The lowest BCUT2D eigenvalue weighted by atomic mass is 9.86. The summed E-state index contributed by atoms with van der Waals surface area (Å²) >= 11 is 0. The van der Waals surface area contributed by atoms with Crippen molar-refractivity contribution >= 4 is 11.7 Å². The summed E-state index contributed by atoms with van der Waals surface area (Å²) in [6.07, 6.45) is 4.30. The van der Waals surface area contributed by atoms with E-state index in [4.69, 9.17) is 0 Å². The lowest BCUT2D eigenvalue weighted by Crippen LogP contribution is -2.37. The van der Waals surface area contributed by atoms with Gasteiger partial charge in [-0.15, -0.1) is 0 Å². The van der Waals surface area contributed by atoms with E-state index in [0.29, 0.717) is 5.92 Å². The van der Waals surface area contributed by atoms with E-state index in [1.165, 1.54) is 24.6 Å². The van der Waals surface area contributed by atoms with Crippen LogP contribution in [0.5, 0.6) is 0 Å². The van der Waals surface area contributed by atoms with Gasteiger partial charge in [0.2, 0.25) is 0 Å². The van der Waals surface area contributed by atoms with Crippen molar-refractivity contribution in [1.29, 1.82) is 0 Å². The van der Waals surface area contributed by atoms with Gasteiger partial charge in [-0.05, 0) is 30.9 Å². The van der Waals surface area contributed by atoms with E-state index in [0.717, 1.165) is 19.3 Å². The average Bonchev–Trinajstić information content (AvgIpc) is 2.37. The van der Waals surface area contributed by atoms with Crippen molar-refractivity contribution in [1.82, 2.24) is 0 Å². The summed E-state index contributed by atoms with van der Waals surface area (Å²) in [5, 5.41) is 9.20. The third-order valence-corrected chi connectivity index (χ3v) is 4.03. The van der Waals surface area contributed by atoms with Gasteiger partial charge in [-0.3, -0.25) is 0 Å². The molecule has 1 aliphatic rings. The quantitative estimate of drug-likeness (QED) is 0.908. The molecule has 2 unspecified atom stereocenters. The van der Waals surface area contributed by atoms with Crippen LogP contribution >= 0.6 is 0 Å². The highest BCUT2D eigenvalue weighted by Crippen LogP contribution is 2.32. The minimum absolute atomic E-state index is 0.0423. The maximum absolute atomic E-state index is 14.0. The normalized spacial score (nSPS) is 23.1. The molecule has 1 fully saturated rings. The molecule has 0 aromatic heterocycles. The van der Waals surface area contributed by atoms with Gasteiger partial charge in [0.05, 0.1) is 11.3 Å². The molecule has 1 aromatic carbocycles. The van der Waals surface area contributed by atoms with Crippen LogP contribution in [0.3, 0.4) is 0 Å². The summed E-state index contributed by atoms with van der Waals surface area (Å²) in [5.74, 6) is -0.924. The molecule has 1 saturated carbocycles. The summed E-state index contributed by atoms with van der Waals surface area (Å²) < 4.78 is 14.0. The fourth-order valence-electron chi connectivity index (χ4n) is 2.98. The van der Waals surface area contributed by atoms with Crippen molar-refractivity contribution < 1.29 is 14.3 Å². The highest BCUT2D eigenvalue weighted by Gasteiger charge is 2.27. The topological polar surface area (TPSA) is 40.5 Å². The van der Waals surface area contributed by atoms with Crippen LogP contribution in [-0.4, -0.2) is 24.2 Å². The zero-order valence-corrected chi connectivity index (χ0v) is 11.4. The lowest BCUT2D eigenvalue weighted by Gasteiger charge is -2.36. The molecule has 2 rings (SSSR count). The Bertz CT molecular complexity index is 475. The van der Waals surface area contributed by atoms with Gasteiger partial charge in [-0.1, -0.05) is 25.8 Å². The Morgan fingerprint density at radius 1 is 1.42 bits per heavy atom. The summed E-state index contributed by atoms with van der Waals surface area (Å²) in [4.78, 5) is 13.0. The molecule has 1 aromatic rings. The molecule has 0 aliphatic heterocycles. The molecule has 0 radical (unpaired) electrons. The van der Waals surface area contributed by atoms with Crippen LogP contribution in [0.1, 0.15) is 43.0 Å². The zero-order valence-electron chi connectivity index (χ0n) is 11.4. The van der Waals surface area contributed by atoms with Crippen LogP contribution in [-0.2, 0) is 0 Å². The molecular formula is C15H20FNO2. The number of rotatable bonds is 3. The maximum atomic E-state index is 14.0. The lowest BCUT2D eigenvalue weighted by molar-refractivity contribution is 0.0697. The first-order valence-electron chi connectivity index (χ1n) is 6.75. The fraction of sp³-hybridized carbons (Fsp3) is 0.533. The first-order valence-corrected chi connectivity index (χ1v) is 6.75. The van der Waals surface area contributed by atoms with Crippen LogP contribution < -0.4 is 4.90 Å². The minimum atomic E-state index is -1.08. The number of hydrogen-bond acceptors (Lipinski definition) is 2. The predicted molar refractivity (Wildman–Crippen MR) is 73.2 cm³/mol. The predicted octanol–water partition coefficient (Wildman–Crippen LogP) is 3.54. The number of carboxylic acids is 1. The average molecular weight is 265 g/mol. The van der Waals surface area contributed by atoms with Crippen LogP contribution in [0.4, 0.5) is 10.1 Å². The van der Waals surface area contributed by atoms with Crippen LogP contribution in [0, 0.1) is 11.7 Å². The molecule has 0 heterocycles. The van der Waals surface area contributed by atoms with E-state index in [2.05, 4.69) is 6.92 Å². The number of anilines is 1. The monoisotopic (exact) mass is 265 g/mol. The Labute approximate surface area is 113 Å². The Morgan fingerprint density at radius 3 is 2.79 bits per heavy atom. The van der Waals surface area contributed by atoms with Gasteiger partial charge in [-0.2, -0.15) is 0 Å². The van der Waals surface area contributed by atoms with Crippen molar-refractivity contribution in [3.8, 4) is 0 Å². The third kappa shape index (κ3) is 2.88. The highest BCUT2D eigenvalue weighted by molar-refractivity contribution is 5.94. The number of benzene rings is 1. The molecule has 1 aliphatic carbocycles. The van der Waals surface area contributed by atoms with Crippen LogP contribution in [0.15, 0.2) is 18.2 Å². The minimum Gasteiger partial charge on any atom is -0.478 e. The number of halogens is 1. The number of aromatic carboxylic acids is 1. The number of hydrogen-bond donors (Lipinski definition) is 1. The number of nitrogens with zero attached hydrogens (tertiary/aromatic N) is 1. The largest absolute Gasteiger partial charge is 0.478 e. The molecular weight excluding hydrogens is 245 g/mol. The first kappa shape index (κ1) is 13.8. The van der Waals surface area contributed by atoms with Gasteiger partial charge in [0.1, 0.15) is 5.82 Å². The maximum Gasteiger partial charge on any atom is 0.337 e. The molecule has 2 atom stereocenters. The van der Waals surface area contributed by atoms with Gasteiger partial charge >= 0.3 is 5.97 Å². The highest BCUT2D eigenvalue weighted by atomic mass is 19.1. The van der Waals surface area contributed by atoms with Gasteiger partial charge in [-0.25, -0.2) is 9.18 Å². The van der Waals surface area contributed by atoms with E-state index >= 15 is 0 Å². The molecule has 1 N–H and O–H groups in total. The molecule has 4 heteroatoms. The van der Waals surface area contributed by atoms with E-state index in [1.807, 2.05) is 4.90 Å². The standard InChI is InChI=1S/C15H20FNO2/c1-10-5-3-6-11(9-10)17(2)14-12(15(18)19)7-4-8-13(14)16/h4,7-8,10-11H,3,5-6,9H2,1-2H3,(H,18,19). The van der Waals surface area contributed by atoms with E-state index in [1.54, 1.807) is 7.05 Å². The number of para-hydroxylation sites is 1. The Balaban J connectivity index is 2.32. The van der Waals surface area contributed by atoms with Gasteiger partial charge in [0, 0.05) is 13.1 Å². The fourth-order valence-corrected chi connectivity index (χ4v) is 2.98. The Hall–Kier alpha value is -1.58. The molecule has 0 saturated heterocycles. The SMILES string of the molecule is CC1CCCC(N(C)c2c(F)cccc2C(=O)O)C1. The van der Waals surface area contributed by atoms with Gasteiger partial charge in [0.25, 0.3) is 0 Å². The second-order valence-electron chi connectivity index (χ2n) is 5.48. The number of carboxylic acid groups (broad SMARTS) is 1. The molecule has 0 bridgehead atoms.